The number of allylic oxidation sites excluding steroid dienone is 2. The van der Waals surface area contributed by atoms with E-state index >= 15 is 0 Å². The quantitative estimate of drug-likeness (QED) is 0.223. The van der Waals surface area contributed by atoms with Crippen LogP contribution in [0.2, 0.25) is 0 Å². The first kappa shape index (κ1) is 30.3. The second-order valence-corrected chi connectivity index (χ2v) is 13.8. The number of cyclic esters (lactones) is 1. The Labute approximate surface area is 246 Å². The minimum atomic E-state index is -1.63. The number of aliphatic hydroxyl groups excluding tert-OH is 1. The molecule has 9 atom stereocenters. The fraction of sp³-hybridized carbons (Fsp3) is 0.636. The summed E-state index contributed by atoms with van der Waals surface area (Å²) in [6.07, 6.45) is 3.33. The molecule has 9 unspecified atom stereocenters. The third-order valence-electron chi connectivity index (χ3n) is 11.1. The van der Waals surface area contributed by atoms with E-state index in [-0.39, 0.29) is 30.0 Å². The van der Waals surface area contributed by atoms with Gasteiger partial charge in [-0.2, -0.15) is 0 Å². The molecule has 2 bridgehead atoms. The highest BCUT2D eigenvalue weighted by atomic mass is 16.6. The molecular weight excluding hydrogens is 540 g/mol. The number of carbonyl (C=O) groups excluding carboxylic acids is 4. The first-order valence-electron chi connectivity index (χ1n) is 14.7. The van der Waals surface area contributed by atoms with Gasteiger partial charge in [0.25, 0.3) is 0 Å². The zero-order chi connectivity index (χ0) is 30.9. The molecule has 1 aliphatic heterocycles. The van der Waals surface area contributed by atoms with Crippen LogP contribution in [0.5, 0.6) is 0 Å². The Hall–Kier alpha value is -3.20. The maximum atomic E-state index is 14.5. The van der Waals surface area contributed by atoms with Gasteiger partial charge in [-0.15, -0.1) is 0 Å². The van der Waals surface area contributed by atoms with Crippen LogP contribution in [0, 0.1) is 39.9 Å². The van der Waals surface area contributed by atoms with Crippen LogP contribution in [0.3, 0.4) is 0 Å². The Kier molecular flexibility index (Phi) is 7.36. The summed E-state index contributed by atoms with van der Waals surface area (Å²) in [4.78, 5) is 53.8. The fourth-order valence-electron chi connectivity index (χ4n) is 8.76. The van der Waals surface area contributed by atoms with Crippen molar-refractivity contribution in [3.63, 3.8) is 0 Å². The van der Waals surface area contributed by atoms with Crippen molar-refractivity contribution in [3.8, 4) is 0 Å². The van der Waals surface area contributed by atoms with Crippen LogP contribution >= 0.6 is 0 Å². The normalized spacial score (nSPS) is 37.3. The Morgan fingerprint density at radius 2 is 1.79 bits per heavy atom. The van der Waals surface area contributed by atoms with Crippen molar-refractivity contribution in [2.75, 3.05) is 7.11 Å². The predicted octanol–water partition coefficient (Wildman–Crippen LogP) is 4.89. The monoisotopic (exact) mass is 582 g/mol. The molecule has 42 heavy (non-hydrogen) atoms. The molecule has 0 radical (unpaired) electrons. The number of furan rings is 1. The Morgan fingerprint density at radius 3 is 2.38 bits per heavy atom. The molecule has 0 amide bonds. The van der Waals surface area contributed by atoms with Crippen LogP contribution < -0.4 is 0 Å². The van der Waals surface area contributed by atoms with Crippen LogP contribution in [0.4, 0.5) is 0 Å². The summed E-state index contributed by atoms with van der Waals surface area (Å²) in [6, 6.07) is 1.80. The minimum Gasteiger partial charge on any atom is -0.472 e. The van der Waals surface area contributed by atoms with E-state index in [9.17, 15) is 24.3 Å². The topological polar surface area (TPSA) is 129 Å². The Morgan fingerprint density at radius 1 is 1.10 bits per heavy atom. The molecule has 1 aromatic rings. The van der Waals surface area contributed by atoms with Gasteiger partial charge < -0.3 is 23.7 Å². The lowest BCUT2D eigenvalue weighted by atomic mass is 9.40. The van der Waals surface area contributed by atoms with Gasteiger partial charge in [0.2, 0.25) is 0 Å². The number of hydrogen-bond donors (Lipinski definition) is 1. The first-order chi connectivity index (χ1) is 19.6. The molecule has 4 aliphatic rings. The van der Waals surface area contributed by atoms with E-state index in [1.807, 2.05) is 40.7 Å². The van der Waals surface area contributed by atoms with Crippen molar-refractivity contribution in [1.29, 1.82) is 0 Å². The van der Waals surface area contributed by atoms with Crippen molar-refractivity contribution in [2.24, 2.45) is 39.9 Å². The van der Waals surface area contributed by atoms with E-state index in [0.29, 0.717) is 18.4 Å². The standard InChI is InChI=1S/C33H42O9/c1-16(2)17(3)29(37)42-28-20-13-19-21(33(7,26(20)36)25(31(28,4)5)24(35)30(38)39-8)9-11-32(6)22(19)14-23(34)41-27(32)18-10-12-40-15-18/h10,12-13,15,20-22,24-25,27-28,35H,9,11,14H2,1-8H3. The molecule has 0 aromatic carbocycles. The van der Waals surface area contributed by atoms with Crippen molar-refractivity contribution < 1.29 is 42.9 Å². The van der Waals surface area contributed by atoms with Crippen LogP contribution in [0.25, 0.3) is 0 Å². The summed E-state index contributed by atoms with van der Waals surface area (Å²) in [5.41, 5.74) is 0.256. The highest BCUT2D eigenvalue weighted by molar-refractivity contribution is 5.95. The number of carbonyl (C=O) groups is 4. The molecule has 1 N–H and O–H groups in total. The molecule has 9 heteroatoms. The van der Waals surface area contributed by atoms with Gasteiger partial charge in [0.15, 0.2) is 6.10 Å². The average Bonchev–Trinajstić information content (AvgIpc) is 3.46. The second-order valence-electron chi connectivity index (χ2n) is 13.8. The van der Waals surface area contributed by atoms with Crippen molar-refractivity contribution >= 4 is 23.7 Å². The third-order valence-corrected chi connectivity index (χ3v) is 11.1. The molecule has 2 saturated carbocycles. The smallest absolute Gasteiger partial charge is 0.335 e. The van der Waals surface area contributed by atoms with E-state index < -0.39 is 58.3 Å². The molecule has 1 aromatic heterocycles. The second kappa shape index (κ2) is 10.2. The number of rotatable bonds is 5. The minimum absolute atomic E-state index is 0.138. The maximum absolute atomic E-state index is 14.5. The van der Waals surface area contributed by atoms with Gasteiger partial charge in [0.1, 0.15) is 18.0 Å². The highest BCUT2D eigenvalue weighted by Gasteiger charge is 2.70. The lowest BCUT2D eigenvalue weighted by Crippen LogP contribution is -2.69. The molecular formula is C33H42O9. The van der Waals surface area contributed by atoms with Crippen LogP contribution in [-0.4, -0.2) is 48.1 Å². The Bertz CT molecular complexity index is 1360. The first-order valence-corrected chi connectivity index (χ1v) is 14.7. The molecule has 9 nitrogen and oxygen atoms in total. The highest BCUT2D eigenvalue weighted by Crippen LogP contribution is 2.68. The zero-order valence-electron chi connectivity index (χ0n) is 25.7. The van der Waals surface area contributed by atoms with E-state index in [1.54, 1.807) is 25.5 Å². The predicted molar refractivity (Wildman–Crippen MR) is 150 cm³/mol. The summed E-state index contributed by atoms with van der Waals surface area (Å²) in [6.45, 7) is 12.9. The van der Waals surface area contributed by atoms with Gasteiger partial charge in [-0.05, 0) is 51.5 Å². The van der Waals surface area contributed by atoms with Crippen LogP contribution in [-0.2, 0) is 33.4 Å². The van der Waals surface area contributed by atoms with E-state index in [4.69, 9.17) is 18.6 Å². The summed E-state index contributed by atoms with van der Waals surface area (Å²) < 4.78 is 22.4. The number of esters is 3. The lowest BCUT2D eigenvalue weighted by molar-refractivity contribution is -0.208. The molecule has 228 valence electrons. The van der Waals surface area contributed by atoms with E-state index in [2.05, 4.69) is 6.92 Å². The summed E-state index contributed by atoms with van der Waals surface area (Å²) in [5.74, 6) is -4.26. The number of methoxy groups -OCH3 is 1. The zero-order valence-corrected chi connectivity index (χ0v) is 25.7. The molecule has 2 heterocycles. The number of fused-ring (bicyclic) bond motifs is 6. The van der Waals surface area contributed by atoms with Gasteiger partial charge in [0, 0.05) is 33.3 Å². The average molecular weight is 583 g/mol. The summed E-state index contributed by atoms with van der Waals surface area (Å²) in [5, 5.41) is 11.5. The van der Waals surface area contributed by atoms with Crippen molar-refractivity contribution in [2.45, 2.75) is 86.0 Å². The van der Waals surface area contributed by atoms with Gasteiger partial charge in [-0.25, -0.2) is 9.59 Å². The van der Waals surface area contributed by atoms with Crippen molar-refractivity contribution in [1.82, 2.24) is 0 Å². The van der Waals surface area contributed by atoms with Gasteiger partial charge in [0.05, 0.1) is 32.0 Å². The van der Waals surface area contributed by atoms with Gasteiger partial charge >= 0.3 is 17.9 Å². The number of ketones is 1. The van der Waals surface area contributed by atoms with Crippen LogP contribution in [0.15, 0.2) is 45.8 Å². The van der Waals surface area contributed by atoms with Crippen molar-refractivity contribution in [3.05, 3.63) is 47.0 Å². The number of aliphatic hydroxyl groups is 1. The van der Waals surface area contributed by atoms with Gasteiger partial charge in [-0.3, -0.25) is 9.59 Å². The lowest BCUT2D eigenvalue weighted by Gasteiger charge is -2.64. The van der Waals surface area contributed by atoms with Gasteiger partial charge in [-0.1, -0.05) is 44.9 Å². The number of ether oxygens (including phenoxy) is 3. The largest absolute Gasteiger partial charge is 0.472 e. The summed E-state index contributed by atoms with van der Waals surface area (Å²) in [7, 11) is 1.20. The Balaban J connectivity index is 1.69. The number of hydrogen-bond acceptors (Lipinski definition) is 9. The molecule has 0 spiro atoms. The SMILES string of the molecule is COC(=O)C(O)C1C(C)(C)C(OC(=O)C(C)=C(C)C)C2C=C3C4CC(=O)OC(c5ccoc5)C4(C)CCC3C1(C)C2=O. The molecule has 3 aliphatic carbocycles. The van der Waals surface area contributed by atoms with E-state index in [1.165, 1.54) is 7.11 Å². The third kappa shape index (κ3) is 4.21. The fourth-order valence-corrected chi connectivity index (χ4v) is 8.76. The molecule has 5 rings (SSSR count). The maximum Gasteiger partial charge on any atom is 0.335 e. The number of Topliss-reactive ketones (excluding diaryl/α,β-unsaturated/α-hetero) is 1. The molecule has 1 saturated heterocycles. The van der Waals surface area contributed by atoms with E-state index in [0.717, 1.165) is 16.7 Å². The van der Waals surface area contributed by atoms with Crippen LogP contribution in [0.1, 0.15) is 79.4 Å². The summed E-state index contributed by atoms with van der Waals surface area (Å²) >= 11 is 0. The molecule has 3 fully saturated rings.